The van der Waals surface area contributed by atoms with Crippen LogP contribution in [0.5, 0.6) is 0 Å². The van der Waals surface area contributed by atoms with Crippen molar-refractivity contribution in [2.24, 2.45) is 5.92 Å². The molecule has 0 fully saturated rings. The highest BCUT2D eigenvalue weighted by molar-refractivity contribution is 7.99. The van der Waals surface area contributed by atoms with E-state index in [4.69, 9.17) is 0 Å². The van der Waals surface area contributed by atoms with Gasteiger partial charge in [0.05, 0.1) is 13.0 Å². The molecular formula is C10H20O3S2. The van der Waals surface area contributed by atoms with Gasteiger partial charge in [-0.05, 0) is 17.9 Å². The number of ether oxygens (including phenoxy) is 1. The third kappa shape index (κ3) is 7.85. The summed E-state index contributed by atoms with van der Waals surface area (Å²) < 4.78 is 16.1. The van der Waals surface area contributed by atoms with Gasteiger partial charge in [-0.15, -0.1) is 0 Å². The first-order valence-corrected chi connectivity index (χ1v) is 7.76. The maximum Gasteiger partial charge on any atom is 0.309 e. The highest BCUT2D eigenvalue weighted by Crippen LogP contribution is 2.05. The predicted octanol–water partition coefficient (Wildman–Crippen LogP) is 1.69. The number of carbonyl (C=O) groups is 1. The summed E-state index contributed by atoms with van der Waals surface area (Å²) in [4.78, 5) is 11.1. The average Bonchev–Trinajstić information content (AvgIpc) is 2.23. The van der Waals surface area contributed by atoms with E-state index in [9.17, 15) is 9.00 Å². The van der Waals surface area contributed by atoms with Crippen LogP contribution < -0.4 is 0 Å². The van der Waals surface area contributed by atoms with E-state index in [1.54, 1.807) is 6.92 Å². The lowest BCUT2D eigenvalue weighted by molar-refractivity contribution is -0.144. The topological polar surface area (TPSA) is 43.4 Å². The van der Waals surface area contributed by atoms with Gasteiger partial charge in [0.1, 0.15) is 0 Å². The molecule has 3 nitrogen and oxygen atoms in total. The van der Waals surface area contributed by atoms with Gasteiger partial charge in [-0.3, -0.25) is 9.00 Å². The van der Waals surface area contributed by atoms with Gasteiger partial charge >= 0.3 is 5.97 Å². The molecule has 0 saturated heterocycles. The molecule has 0 aliphatic rings. The standard InChI is InChI=1S/C10H20O3S2/c1-4-14-6-5-7-15(12)8-9(2)10(11)13-3/h9H,4-8H2,1-3H3. The summed E-state index contributed by atoms with van der Waals surface area (Å²) in [5.41, 5.74) is 0. The molecule has 0 rings (SSSR count). The molecule has 5 heteroatoms. The van der Waals surface area contributed by atoms with Crippen LogP contribution in [0.25, 0.3) is 0 Å². The zero-order valence-electron chi connectivity index (χ0n) is 9.65. The van der Waals surface area contributed by atoms with E-state index in [1.807, 2.05) is 11.8 Å². The second kappa shape index (κ2) is 9.21. The maximum absolute atomic E-state index is 11.5. The van der Waals surface area contributed by atoms with E-state index in [-0.39, 0.29) is 11.9 Å². The fraction of sp³-hybridized carbons (Fsp3) is 0.900. The van der Waals surface area contributed by atoms with Crippen LogP contribution in [0.15, 0.2) is 0 Å². The first-order valence-electron chi connectivity index (χ1n) is 5.12. The summed E-state index contributed by atoms with van der Waals surface area (Å²) in [5.74, 6) is 2.73. The van der Waals surface area contributed by atoms with E-state index < -0.39 is 10.8 Å². The third-order valence-corrected chi connectivity index (χ3v) is 4.51. The maximum atomic E-state index is 11.5. The SMILES string of the molecule is CCSCCCS(=O)CC(C)C(=O)OC. The third-order valence-electron chi connectivity index (χ3n) is 1.90. The van der Waals surface area contributed by atoms with Crippen molar-refractivity contribution in [2.45, 2.75) is 20.3 Å². The van der Waals surface area contributed by atoms with E-state index in [0.717, 1.165) is 17.9 Å². The number of carbonyl (C=O) groups excluding carboxylic acids is 1. The zero-order chi connectivity index (χ0) is 11.7. The summed E-state index contributed by atoms with van der Waals surface area (Å²) in [5, 5.41) is 0. The predicted molar refractivity (Wildman–Crippen MR) is 66.7 cm³/mol. The Morgan fingerprint density at radius 3 is 2.73 bits per heavy atom. The van der Waals surface area contributed by atoms with Crippen LogP contribution in [0.2, 0.25) is 0 Å². The number of thioether (sulfide) groups is 1. The molecule has 15 heavy (non-hydrogen) atoms. The van der Waals surface area contributed by atoms with Crippen molar-refractivity contribution in [3.05, 3.63) is 0 Å². The highest BCUT2D eigenvalue weighted by Gasteiger charge is 2.15. The van der Waals surface area contributed by atoms with Gasteiger partial charge in [-0.25, -0.2) is 0 Å². The van der Waals surface area contributed by atoms with Crippen LogP contribution in [-0.4, -0.2) is 40.3 Å². The summed E-state index contributed by atoms with van der Waals surface area (Å²) in [7, 11) is 0.471. The van der Waals surface area contributed by atoms with Crippen molar-refractivity contribution >= 4 is 28.5 Å². The molecule has 0 spiro atoms. The van der Waals surface area contributed by atoms with Gasteiger partial charge in [-0.1, -0.05) is 13.8 Å². The molecule has 0 aromatic carbocycles. The first kappa shape index (κ1) is 15.0. The van der Waals surface area contributed by atoms with Gasteiger partial charge in [0.25, 0.3) is 0 Å². The van der Waals surface area contributed by atoms with Gasteiger partial charge in [0, 0.05) is 22.3 Å². The molecular weight excluding hydrogens is 232 g/mol. The highest BCUT2D eigenvalue weighted by atomic mass is 32.2. The Kier molecular flexibility index (Phi) is 9.20. The minimum Gasteiger partial charge on any atom is -0.469 e. The van der Waals surface area contributed by atoms with Crippen molar-refractivity contribution in [2.75, 3.05) is 30.1 Å². The van der Waals surface area contributed by atoms with Crippen LogP contribution in [0.4, 0.5) is 0 Å². The minimum absolute atomic E-state index is 0.255. The molecule has 0 radical (unpaired) electrons. The average molecular weight is 252 g/mol. The molecule has 0 heterocycles. The Hall–Kier alpha value is -0.0300. The van der Waals surface area contributed by atoms with E-state index in [0.29, 0.717) is 11.5 Å². The number of hydrogen-bond acceptors (Lipinski definition) is 4. The molecule has 2 unspecified atom stereocenters. The molecule has 0 aromatic rings. The molecule has 0 bridgehead atoms. The van der Waals surface area contributed by atoms with Crippen molar-refractivity contribution in [3.8, 4) is 0 Å². The Labute approximate surface area is 98.8 Å². The van der Waals surface area contributed by atoms with Crippen molar-refractivity contribution in [3.63, 3.8) is 0 Å². The van der Waals surface area contributed by atoms with Crippen molar-refractivity contribution in [1.29, 1.82) is 0 Å². The largest absolute Gasteiger partial charge is 0.469 e. The van der Waals surface area contributed by atoms with E-state index >= 15 is 0 Å². The van der Waals surface area contributed by atoms with Crippen LogP contribution in [0, 0.1) is 5.92 Å². The lowest BCUT2D eigenvalue weighted by Gasteiger charge is -2.08. The van der Waals surface area contributed by atoms with Crippen molar-refractivity contribution in [1.82, 2.24) is 0 Å². The number of methoxy groups -OCH3 is 1. The Morgan fingerprint density at radius 1 is 1.53 bits per heavy atom. The van der Waals surface area contributed by atoms with Crippen molar-refractivity contribution < 1.29 is 13.7 Å². The molecule has 0 aliphatic heterocycles. The normalized spacial score (nSPS) is 14.6. The Balaban J connectivity index is 3.60. The second-order valence-electron chi connectivity index (χ2n) is 3.29. The minimum atomic E-state index is -0.890. The van der Waals surface area contributed by atoms with Crippen LogP contribution >= 0.6 is 11.8 Å². The van der Waals surface area contributed by atoms with Gasteiger partial charge in [-0.2, -0.15) is 11.8 Å². The molecule has 0 saturated carbocycles. The fourth-order valence-corrected chi connectivity index (χ4v) is 3.24. The number of esters is 1. The number of hydrogen-bond donors (Lipinski definition) is 0. The van der Waals surface area contributed by atoms with E-state index in [2.05, 4.69) is 11.7 Å². The number of rotatable bonds is 8. The van der Waals surface area contributed by atoms with E-state index in [1.165, 1.54) is 7.11 Å². The second-order valence-corrected chi connectivity index (χ2v) is 6.30. The van der Waals surface area contributed by atoms with Crippen LogP contribution in [0.1, 0.15) is 20.3 Å². The quantitative estimate of drug-likeness (QED) is 0.487. The summed E-state index contributed by atoms with van der Waals surface area (Å²) in [6, 6.07) is 0. The van der Waals surface area contributed by atoms with Gasteiger partial charge in [0.2, 0.25) is 0 Å². The molecule has 2 atom stereocenters. The first-order chi connectivity index (χ1) is 7.11. The monoisotopic (exact) mass is 252 g/mol. The van der Waals surface area contributed by atoms with Gasteiger partial charge < -0.3 is 4.74 Å². The molecule has 0 aromatic heterocycles. The Morgan fingerprint density at radius 2 is 2.20 bits per heavy atom. The fourth-order valence-electron chi connectivity index (χ4n) is 1.10. The zero-order valence-corrected chi connectivity index (χ0v) is 11.3. The van der Waals surface area contributed by atoms with Crippen LogP contribution in [0.3, 0.4) is 0 Å². The summed E-state index contributed by atoms with van der Waals surface area (Å²) in [6.07, 6.45) is 0.957. The molecule has 0 aliphatic carbocycles. The molecule has 0 amide bonds. The lowest BCUT2D eigenvalue weighted by Crippen LogP contribution is -2.20. The van der Waals surface area contributed by atoms with Gasteiger partial charge in [0.15, 0.2) is 0 Å². The summed E-state index contributed by atoms with van der Waals surface area (Å²) in [6.45, 7) is 3.87. The lowest BCUT2D eigenvalue weighted by atomic mass is 10.2. The summed E-state index contributed by atoms with van der Waals surface area (Å²) >= 11 is 1.85. The molecule has 90 valence electrons. The smallest absolute Gasteiger partial charge is 0.309 e. The molecule has 0 N–H and O–H groups in total. The van der Waals surface area contributed by atoms with Crippen LogP contribution in [-0.2, 0) is 20.3 Å². The Bertz CT molecular complexity index is 207.